The maximum atomic E-state index is 4.40. The van der Waals surface area contributed by atoms with Gasteiger partial charge in [-0.3, -0.25) is 0 Å². The largest absolute Gasteiger partial charge is 0.373 e. The lowest BCUT2D eigenvalue weighted by Gasteiger charge is -2.07. The highest BCUT2D eigenvalue weighted by Crippen LogP contribution is 2.14. The van der Waals surface area contributed by atoms with E-state index in [0.717, 1.165) is 24.4 Å². The Hall–Kier alpha value is -1.31. The van der Waals surface area contributed by atoms with E-state index >= 15 is 0 Å². The fourth-order valence-electron chi connectivity index (χ4n) is 1.26. The van der Waals surface area contributed by atoms with Gasteiger partial charge in [0.2, 0.25) is 0 Å². The van der Waals surface area contributed by atoms with E-state index in [1.807, 2.05) is 26.1 Å². The number of anilines is 1. The van der Waals surface area contributed by atoms with Crippen LogP contribution in [0.15, 0.2) is 24.8 Å². The van der Waals surface area contributed by atoms with Crippen LogP contribution in [0.3, 0.4) is 0 Å². The van der Waals surface area contributed by atoms with Crippen LogP contribution in [-0.2, 0) is 6.42 Å². The summed E-state index contributed by atoms with van der Waals surface area (Å²) in [5.74, 6) is 0.988. The standard InChI is InChI=1S/C11H16N2/c1-4-5-6-10-8-7-9(2)13-11(10)12-3/h4,7-8H,1,5-6H2,2-3H3,(H,12,13). The van der Waals surface area contributed by atoms with Crippen molar-refractivity contribution in [3.05, 3.63) is 36.0 Å². The number of hydrogen-bond acceptors (Lipinski definition) is 2. The van der Waals surface area contributed by atoms with E-state index in [2.05, 4.69) is 22.9 Å². The Morgan fingerprint density at radius 3 is 2.92 bits per heavy atom. The summed E-state index contributed by atoms with van der Waals surface area (Å²) < 4.78 is 0. The Kier molecular flexibility index (Phi) is 3.50. The lowest BCUT2D eigenvalue weighted by Crippen LogP contribution is -1.99. The zero-order valence-electron chi connectivity index (χ0n) is 8.30. The fraction of sp³-hybridized carbons (Fsp3) is 0.364. The second-order valence-corrected chi connectivity index (χ2v) is 3.04. The second-order valence-electron chi connectivity index (χ2n) is 3.04. The normalized spacial score (nSPS) is 9.69. The van der Waals surface area contributed by atoms with E-state index in [0.29, 0.717) is 0 Å². The second kappa shape index (κ2) is 4.65. The van der Waals surface area contributed by atoms with Crippen LogP contribution in [0, 0.1) is 6.92 Å². The minimum absolute atomic E-state index is 0.988. The lowest BCUT2D eigenvalue weighted by atomic mass is 10.1. The Morgan fingerprint density at radius 2 is 2.31 bits per heavy atom. The third kappa shape index (κ3) is 2.58. The molecule has 0 fully saturated rings. The monoisotopic (exact) mass is 176 g/mol. The molecule has 70 valence electrons. The molecular weight excluding hydrogens is 160 g/mol. The number of pyridine rings is 1. The number of aromatic nitrogens is 1. The molecule has 0 saturated heterocycles. The van der Waals surface area contributed by atoms with E-state index < -0.39 is 0 Å². The number of allylic oxidation sites excluding steroid dienone is 1. The first-order valence-electron chi connectivity index (χ1n) is 4.53. The summed E-state index contributed by atoms with van der Waals surface area (Å²) in [5, 5.41) is 3.10. The first-order valence-corrected chi connectivity index (χ1v) is 4.53. The molecule has 1 heterocycles. The van der Waals surface area contributed by atoms with E-state index in [4.69, 9.17) is 0 Å². The van der Waals surface area contributed by atoms with E-state index in [9.17, 15) is 0 Å². The van der Waals surface area contributed by atoms with Gasteiger partial charge in [-0.1, -0.05) is 12.1 Å². The van der Waals surface area contributed by atoms with Gasteiger partial charge >= 0.3 is 0 Å². The van der Waals surface area contributed by atoms with Gasteiger partial charge in [0, 0.05) is 12.7 Å². The van der Waals surface area contributed by atoms with Crippen LogP contribution in [0.4, 0.5) is 5.82 Å². The lowest BCUT2D eigenvalue weighted by molar-refractivity contribution is 0.983. The molecule has 0 saturated carbocycles. The Morgan fingerprint density at radius 1 is 1.54 bits per heavy atom. The van der Waals surface area contributed by atoms with E-state index in [1.54, 1.807) is 0 Å². The molecule has 2 heteroatoms. The molecule has 0 atom stereocenters. The molecule has 1 aromatic rings. The summed E-state index contributed by atoms with van der Waals surface area (Å²) in [6, 6.07) is 4.16. The number of nitrogens with one attached hydrogen (secondary N) is 1. The molecule has 1 aromatic heterocycles. The van der Waals surface area contributed by atoms with Crippen LogP contribution in [0.1, 0.15) is 17.7 Å². The minimum atomic E-state index is 0.988. The molecule has 0 bridgehead atoms. The predicted octanol–water partition coefficient (Wildman–Crippen LogP) is 2.55. The highest BCUT2D eigenvalue weighted by Gasteiger charge is 2.00. The average molecular weight is 176 g/mol. The van der Waals surface area contributed by atoms with Gasteiger partial charge in [0.25, 0.3) is 0 Å². The van der Waals surface area contributed by atoms with Crippen molar-refractivity contribution in [3.63, 3.8) is 0 Å². The smallest absolute Gasteiger partial charge is 0.129 e. The number of nitrogens with zero attached hydrogens (tertiary/aromatic N) is 1. The molecular formula is C11H16N2. The third-order valence-electron chi connectivity index (χ3n) is 1.97. The molecule has 1 rings (SSSR count). The summed E-state index contributed by atoms with van der Waals surface area (Å²) >= 11 is 0. The summed E-state index contributed by atoms with van der Waals surface area (Å²) in [7, 11) is 1.90. The van der Waals surface area contributed by atoms with Gasteiger partial charge in [-0.25, -0.2) is 4.98 Å². The molecule has 0 unspecified atom stereocenters. The van der Waals surface area contributed by atoms with Crippen LogP contribution < -0.4 is 5.32 Å². The molecule has 0 aliphatic carbocycles. The quantitative estimate of drug-likeness (QED) is 0.713. The van der Waals surface area contributed by atoms with Crippen LogP contribution in [-0.4, -0.2) is 12.0 Å². The van der Waals surface area contributed by atoms with Crippen LogP contribution in [0.25, 0.3) is 0 Å². The van der Waals surface area contributed by atoms with Gasteiger partial charge < -0.3 is 5.32 Å². The zero-order valence-corrected chi connectivity index (χ0v) is 8.30. The van der Waals surface area contributed by atoms with Crippen molar-refractivity contribution in [2.75, 3.05) is 12.4 Å². The van der Waals surface area contributed by atoms with Crippen LogP contribution in [0.2, 0.25) is 0 Å². The Balaban J connectivity index is 2.85. The summed E-state index contributed by atoms with van der Waals surface area (Å²) in [6.45, 7) is 5.71. The molecule has 0 amide bonds. The summed E-state index contributed by atoms with van der Waals surface area (Å²) in [4.78, 5) is 4.40. The molecule has 0 aliphatic heterocycles. The van der Waals surface area contributed by atoms with Crippen molar-refractivity contribution in [2.24, 2.45) is 0 Å². The number of hydrogen-bond donors (Lipinski definition) is 1. The molecule has 0 aromatic carbocycles. The Labute approximate surface area is 79.7 Å². The van der Waals surface area contributed by atoms with E-state index in [1.165, 1.54) is 5.56 Å². The highest BCUT2D eigenvalue weighted by atomic mass is 15.0. The number of aryl methyl sites for hydroxylation is 2. The number of rotatable bonds is 4. The minimum Gasteiger partial charge on any atom is -0.373 e. The van der Waals surface area contributed by atoms with E-state index in [-0.39, 0.29) is 0 Å². The summed E-state index contributed by atoms with van der Waals surface area (Å²) in [5.41, 5.74) is 2.31. The maximum absolute atomic E-state index is 4.40. The van der Waals surface area contributed by atoms with Crippen LogP contribution in [0.5, 0.6) is 0 Å². The van der Waals surface area contributed by atoms with Crippen molar-refractivity contribution >= 4 is 5.82 Å². The predicted molar refractivity (Wildman–Crippen MR) is 57.0 cm³/mol. The SMILES string of the molecule is C=CCCc1ccc(C)nc1NC. The van der Waals surface area contributed by atoms with Crippen molar-refractivity contribution in [1.29, 1.82) is 0 Å². The fourth-order valence-corrected chi connectivity index (χ4v) is 1.26. The van der Waals surface area contributed by atoms with Gasteiger partial charge in [-0.2, -0.15) is 0 Å². The van der Waals surface area contributed by atoms with Crippen LogP contribution >= 0.6 is 0 Å². The molecule has 0 radical (unpaired) electrons. The highest BCUT2D eigenvalue weighted by molar-refractivity contribution is 5.44. The topological polar surface area (TPSA) is 24.9 Å². The maximum Gasteiger partial charge on any atom is 0.129 e. The van der Waals surface area contributed by atoms with Gasteiger partial charge in [0.15, 0.2) is 0 Å². The molecule has 1 N–H and O–H groups in total. The molecule has 0 spiro atoms. The first-order chi connectivity index (χ1) is 6.27. The summed E-state index contributed by atoms with van der Waals surface area (Å²) in [6.07, 6.45) is 3.94. The molecule has 0 aliphatic rings. The molecule has 2 nitrogen and oxygen atoms in total. The van der Waals surface area contributed by atoms with Gasteiger partial charge in [0.1, 0.15) is 5.82 Å². The zero-order chi connectivity index (χ0) is 9.68. The first kappa shape index (κ1) is 9.78. The van der Waals surface area contributed by atoms with Gasteiger partial charge in [0.05, 0.1) is 0 Å². The average Bonchev–Trinajstić information content (AvgIpc) is 2.16. The molecule has 13 heavy (non-hydrogen) atoms. The van der Waals surface area contributed by atoms with Crippen molar-refractivity contribution in [3.8, 4) is 0 Å². The third-order valence-corrected chi connectivity index (χ3v) is 1.97. The van der Waals surface area contributed by atoms with Crippen molar-refractivity contribution < 1.29 is 0 Å². The van der Waals surface area contributed by atoms with Crippen molar-refractivity contribution in [2.45, 2.75) is 19.8 Å². The van der Waals surface area contributed by atoms with Gasteiger partial charge in [-0.15, -0.1) is 6.58 Å². The van der Waals surface area contributed by atoms with Crippen molar-refractivity contribution in [1.82, 2.24) is 4.98 Å². The Bertz CT molecular complexity index is 292. The van der Waals surface area contributed by atoms with Gasteiger partial charge in [-0.05, 0) is 31.4 Å².